The van der Waals surface area contributed by atoms with Crippen molar-refractivity contribution < 1.29 is 9.66 Å². The molecular weight excluding hydrogens is 364 g/mol. The Hall–Kier alpha value is -3.91. The summed E-state index contributed by atoms with van der Waals surface area (Å²) in [4.78, 5) is 10.6. The maximum Gasteiger partial charge on any atom is 0.269 e. The highest BCUT2D eigenvalue weighted by molar-refractivity contribution is 5.70. The molecule has 5 nitrogen and oxygen atoms in total. The summed E-state index contributed by atoms with van der Waals surface area (Å²) in [5, 5.41) is 21.0. The van der Waals surface area contributed by atoms with Crippen LogP contribution in [0.15, 0.2) is 90.5 Å². The summed E-state index contributed by atoms with van der Waals surface area (Å²) < 4.78 is 6.32. The molecule has 3 aromatic rings. The molecule has 0 amide bonds. The van der Waals surface area contributed by atoms with Crippen molar-refractivity contribution in [3.8, 4) is 6.07 Å². The summed E-state index contributed by atoms with van der Waals surface area (Å²) in [6, 6.07) is 28.3. The Morgan fingerprint density at radius 2 is 1.52 bits per heavy atom. The van der Waals surface area contributed by atoms with Crippen LogP contribution >= 0.6 is 0 Å². The van der Waals surface area contributed by atoms with E-state index in [0.29, 0.717) is 17.8 Å². The van der Waals surface area contributed by atoms with Crippen molar-refractivity contribution in [3.05, 3.63) is 117 Å². The molecule has 0 aliphatic carbocycles. The first-order chi connectivity index (χ1) is 14.2. The van der Waals surface area contributed by atoms with Crippen LogP contribution in [0.25, 0.3) is 5.76 Å². The van der Waals surface area contributed by atoms with E-state index < -0.39 is 4.92 Å². The maximum absolute atomic E-state index is 11.0. The van der Waals surface area contributed by atoms with Crippen LogP contribution in [-0.4, -0.2) is 4.92 Å². The minimum absolute atomic E-state index is 0.0335. The maximum atomic E-state index is 11.0. The molecule has 5 heteroatoms. The monoisotopic (exact) mass is 382 g/mol. The van der Waals surface area contributed by atoms with Crippen LogP contribution in [0.1, 0.15) is 35.1 Å². The van der Waals surface area contributed by atoms with E-state index in [2.05, 4.69) is 6.07 Å². The lowest BCUT2D eigenvalue weighted by Gasteiger charge is -2.32. The second kappa shape index (κ2) is 7.99. The molecule has 0 fully saturated rings. The lowest BCUT2D eigenvalue weighted by Crippen LogP contribution is -2.19. The largest absolute Gasteiger partial charge is 0.484 e. The SMILES string of the molecule is N#CC1=C(c2ccccc2)O[C@H](c2ccccc2)C[C@@H]1c1ccc([N+](=O)[O-])cc1. The average Bonchev–Trinajstić information content (AvgIpc) is 2.79. The molecule has 0 unspecified atom stereocenters. The fraction of sp³-hybridized carbons (Fsp3) is 0.125. The van der Waals surface area contributed by atoms with Gasteiger partial charge in [-0.05, 0) is 11.1 Å². The second-order valence-corrected chi connectivity index (χ2v) is 6.87. The van der Waals surface area contributed by atoms with Gasteiger partial charge in [0.2, 0.25) is 0 Å². The normalized spacial score (nSPS) is 18.6. The zero-order valence-electron chi connectivity index (χ0n) is 15.6. The molecule has 0 radical (unpaired) electrons. The van der Waals surface area contributed by atoms with E-state index in [-0.39, 0.29) is 17.7 Å². The molecule has 0 aromatic heterocycles. The van der Waals surface area contributed by atoms with Gasteiger partial charge in [0, 0.05) is 30.0 Å². The predicted molar refractivity (Wildman–Crippen MR) is 110 cm³/mol. The summed E-state index contributed by atoms with van der Waals surface area (Å²) >= 11 is 0. The van der Waals surface area contributed by atoms with Gasteiger partial charge < -0.3 is 4.74 Å². The number of nitro groups is 1. The Labute approximate surface area is 168 Å². The molecule has 0 saturated carbocycles. The van der Waals surface area contributed by atoms with E-state index in [1.165, 1.54) is 12.1 Å². The van der Waals surface area contributed by atoms with Crippen LogP contribution in [0, 0.1) is 21.4 Å². The highest BCUT2D eigenvalue weighted by atomic mass is 16.6. The average molecular weight is 382 g/mol. The van der Waals surface area contributed by atoms with Crippen molar-refractivity contribution >= 4 is 11.4 Å². The highest BCUT2D eigenvalue weighted by Crippen LogP contribution is 2.45. The number of allylic oxidation sites excluding steroid dienone is 1. The number of nitro benzene ring substituents is 1. The molecule has 1 aliphatic rings. The first-order valence-corrected chi connectivity index (χ1v) is 9.33. The van der Waals surface area contributed by atoms with Crippen molar-refractivity contribution in [2.24, 2.45) is 0 Å². The van der Waals surface area contributed by atoms with Gasteiger partial charge in [0.15, 0.2) is 0 Å². The zero-order valence-corrected chi connectivity index (χ0v) is 15.6. The van der Waals surface area contributed by atoms with E-state index in [1.807, 2.05) is 60.7 Å². The molecule has 0 saturated heterocycles. The van der Waals surface area contributed by atoms with Crippen LogP contribution in [0.5, 0.6) is 0 Å². The Morgan fingerprint density at radius 3 is 2.10 bits per heavy atom. The van der Waals surface area contributed by atoms with Crippen LogP contribution in [0.3, 0.4) is 0 Å². The van der Waals surface area contributed by atoms with E-state index in [0.717, 1.165) is 16.7 Å². The molecule has 142 valence electrons. The number of benzene rings is 3. The smallest absolute Gasteiger partial charge is 0.269 e. The van der Waals surface area contributed by atoms with Crippen molar-refractivity contribution in [1.82, 2.24) is 0 Å². The summed E-state index contributed by atoms with van der Waals surface area (Å²) in [5.74, 6) is 0.353. The third-order valence-corrected chi connectivity index (χ3v) is 5.14. The molecular formula is C24H18N2O3. The Balaban J connectivity index is 1.82. The highest BCUT2D eigenvalue weighted by Gasteiger charge is 2.33. The van der Waals surface area contributed by atoms with Gasteiger partial charge in [0.25, 0.3) is 5.69 Å². The number of hydrogen-bond donors (Lipinski definition) is 0. The van der Waals surface area contributed by atoms with Gasteiger partial charge in [-0.2, -0.15) is 5.26 Å². The number of hydrogen-bond acceptors (Lipinski definition) is 4. The van der Waals surface area contributed by atoms with Gasteiger partial charge in [-0.3, -0.25) is 10.1 Å². The molecule has 1 heterocycles. The van der Waals surface area contributed by atoms with Gasteiger partial charge in [0.1, 0.15) is 11.9 Å². The van der Waals surface area contributed by atoms with Crippen LogP contribution < -0.4 is 0 Å². The number of rotatable bonds is 4. The Bertz CT molecular complexity index is 1080. The van der Waals surface area contributed by atoms with Gasteiger partial charge in [-0.15, -0.1) is 0 Å². The molecule has 3 aromatic carbocycles. The first kappa shape index (κ1) is 18.5. The van der Waals surface area contributed by atoms with Gasteiger partial charge in [0.05, 0.1) is 16.6 Å². The minimum Gasteiger partial charge on any atom is -0.484 e. The van der Waals surface area contributed by atoms with E-state index >= 15 is 0 Å². The van der Waals surface area contributed by atoms with Crippen molar-refractivity contribution in [1.29, 1.82) is 5.26 Å². The predicted octanol–water partition coefficient (Wildman–Crippen LogP) is 5.77. The minimum atomic E-state index is -0.420. The third kappa shape index (κ3) is 3.74. The molecule has 0 bridgehead atoms. The number of nitriles is 1. The van der Waals surface area contributed by atoms with Crippen LogP contribution in [0.2, 0.25) is 0 Å². The molecule has 0 spiro atoms. The Morgan fingerprint density at radius 1 is 0.897 bits per heavy atom. The third-order valence-electron chi connectivity index (χ3n) is 5.14. The van der Waals surface area contributed by atoms with Crippen molar-refractivity contribution in [3.63, 3.8) is 0 Å². The van der Waals surface area contributed by atoms with Gasteiger partial charge in [-0.25, -0.2) is 0 Å². The molecule has 29 heavy (non-hydrogen) atoms. The van der Waals surface area contributed by atoms with E-state index in [4.69, 9.17) is 4.74 Å². The number of nitrogens with zero attached hydrogens (tertiary/aromatic N) is 2. The molecule has 4 rings (SSSR count). The first-order valence-electron chi connectivity index (χ1n) is 9.33. The van der Waals surface area contributed by atoms with E-state index in [1.54, 1.807) is 12.1 Å². The molecule has 2 atom stereocenters. The molecule has 0 N–H and O–H groups in total. The summed E-state index contributed by atoms with van der Waals surface area (Å²) in [5.41, 5.74) is 3.31. The zero-order chi connectivity index (χ0) is 20.2. The topological polar surface area (TPSA) is 76.2 Å². The van der Waals surface area contributed by atoms with Crippen molar-refractivity contribution in [2.45, 2.75) is 18.4 Å². The Kier molecular flexibility index (Phi) is 5.08. The lowest BCUT2D eigenvalue weighted by atomic mass is 9.81. The van der Waals surface area contributed by atoms with Crippen LogP contribution in [0.4, 0.5) is 5.69 Å². The van der Waals surface area contributed by atoms with Crippen molar-refractivity contribution in [2.75, 3.05) is 0 Å². The second-order valence-electron chi connectivity index (χ2n) is 6.87. The lowest BCUT2D eigenvalue weighted by molar-refractivity contribution is -0.384. The molecule has 1 aliphatic heterocycles. The number of non-ortho nitro benzene ring substituents is 1. The summed E-state index contributed by atoms with van der Waals surface area (Å²) in [6.45, 7) is 0. The van der Waals surface area contributed by atoms with E-state index in [9.17, 15) is 15.4 Å². The standard InChI is InChI=1S/C24H18N2O3/c25-16-22-21(17-11-13-20(14-12-17)26(27)28)15-23(18-7-3-1-4-8-18)29-24(22)19-9-5-2-6-10-19/h1-14,21,23H,15H2/t21-,23+/m1/s1. The van der Waals surface area contributed by atoms with Gasteiger partial charge >= 0.3 is 0 Å². The number of ether oxygens (including phenoxy) is 1. The summed E-state index contributed by atoms with van der Waals surface area (Å²) in [7, 11) is 0. The summed E-state index contributed by atoms with van der Waals surface area (Å²) in [6.07, 6.45) is 0.366. The quantitative estimate of drug-likeness (QED) is 0.424. The fourth-order valence-corrected chi connectivity index (χ4v) is 3.69. The van der Waals surface area contributed by atoms with Crippen LogP contribution in [-0.2, 0) is 4.74 Å². The fourth-order valence-electron chi connectivity index (χ4n) is 3.69. The van der Waals surface area contributed by atoms with Gasteiger partial charge in [-0.1, -0.05) is 72.8 Å².